The van der Waals surface area contributed by atoms with Crippen molar-refractivity contribution in [2.24, 2.45) is 0 Å². The quantitative estimate of drug-likeness (QED) is 0.178. The van der Waals surface area contributed by atoms with E-state index in [1.807, 2.05) is 53.8 Å². The van der Waals surface area contributed by atoms with Gasteiger partial charge in [0.05, 0.1) is 11.0 Å². The molecule has 0 amide bonds. The van der Waals surface area contributed by atoms with Crippen molar-refractivity contribution >= 4 is 53.3 Å². The molecule has 0 aliphatic carbocycles. The Bertz CT molecular complexity index is 3020. The molecule has 0 aliphatic rings. The van der Waals surface area contributed by atoms with E-state index < -0.39 is 0 Å². The maximum absolute atomic E-state index is 5.30. The zero-order chi connectivity index (χ0) is 36.4. The standard InChI is InChI=1S/C48H35N5S/c1-48(2,3)33-26-23-31(24-27-33)46-50-45(30-13-5-4-6-14-30)51-47(52-46)39-19-12-22-43(49-39)53-40-20-9-7-15-35(40)36-28-25-32(29-41(36)53)34-17-11-18-38-37-16-8-10-21-42(37)54-44(34)38/h4-29H,1-3H3. The molecular weight excluding hydrogens is 679 g/mol. The maximum atomic E-state index is 5.30. The van der Waals surface area contributed by atoms with Gasteiger partial charge in [-0.2, -0.15) is 0 Å². The molecule has 0 spiro atoms. The molecule has 0 radical (unpaired) electrons. The van der Waals surface area contributed by atoms with Crippen molar-refractivity contribution in [2.45, 2.75) is 26.2 Å². The van der Waals surface area contributed by atoms with Crippen molar-refractivity contribution in [1.29, 1.82) is 0 Å². The lowest BCUT2D eigenvalue weighted by molar-refractivity contribution is 0.590. The predicted molar refractivity (Wildman–Crippen MR) is 225 cm³/mol. The van der Waals surface area contributed by atoms with Gasteiger partial charge in [0.1, 0.15) is 11.5 Å². The van der Waals surface area contributed by atoms with Crippen molar-refractivity contribution in [1.82, 2.24) is 24.5 Å². The molecule has 0 bridgehead atoms. The molecule has 0 N–H and O–H groups in total. The molecule has 258 valence electrons. The van der Waals surface area contributed by atoms with E-state index in [9.17, 15) is 0 Å². The van der Waals surface area contributed by atoms with Crippen LogP contribution >= 0.6 is 11.3 Å². The number of thiophene rings is 1. The van der Waals surface area contributed by atoms with Crippen LogP contribution in [0, 0.1) is 0 Å². The fourth-order valence-electron chi connectivity index (χ4n) is 7.49. The number of nitrogens with zero attached hydrogens (tertiary/aromatic N) is 5. The molecule has 6 heteroatoms. The summed E-state index contributed by atoms with van der Waals surface area (Å²) in [6.45, 7) is 6.66. The average Bonchev–Trinajstić information content (AvgIpc) is 3.76. The summed E-state index contributed by atoms with van der Waals surface area (Å²) in [6.07, 6.45) is 0. The van der Waals surface area contributed by atoms with Crippen LogP contribution in [0.2, 0.25) is 0 Å². The number of aromatic nitrogens is 5. The van der Waals surface area contributed by atoms with Crippen molar-refractivity contribution in [3.63, 3.8) is 0 Å². The highest BCUT2D eigenvalue weighted by Gasteiger charge is 2.19. The van der Waals surface area contributed by atoms with Crippen LogP contribution in [0.25, 0.3) is 93.2 Å². The van der Waals surface area contributed by atoms with Gasteiger partial charge in [0.25, 0.3) is 0 Å². The molecule has 0 saturated carbocycles. The molecule has 0 atom stereocenters. The van der Waals surface area contributed by atoms with E-state index >= 15 is 0 Å². The van der Waals surface area contributed by atoms with Gasteiger partial charge in [-0.1, -0.05) is 148 Å². The summed E-state index contributed by atoms with van der Waals surface area (Å²) < 4.78 is 4.87. The predicted octanol–water partition coefficient (Wildman–Crippen LogP) is 12.7. The molecule has 10 aromatic rings. The fraction of sp³-hybridized carbons (Fsp3) is 0.0833. The minimum Gasteiger partial charge on any atom is -0.294 e. The van der Waals surface area contributed by atoms with E-state index in [2.05, 4.69) is 141 Å². The first-order chi connectivity index (χ1) is 26.4. The molecule has 0 saturated heterocycles. The summed E-state index contributed by atoms with van der Waals surface area (Å²) in [5, 5.41) is 4.95. The van der Waals surface area contributed by atoms with Gasteiger partial charge in [-0.15, -0.1) is 11.3 Å². The molecule has 5 nitrogen and oxygen atoms in total. The number of hydrogen-bond acceptors (Lipinski definition) is 5. The van der Waals surface area contributed by atoms with Crippen LogP contribution in [0.1, 0.15) is 26.3 Å². The van der Waals surface area contributed by atoms with Gasteiger partial charge in [0.15, 0.2) is 17.5 Å². The van der Waals surface area contributed by atoms with Gasteiger partial charge in [-0.3, -0.25) is 4.57 Å². The normalized spacial score (nSPS) is 12.0. The summed E-state index contributed by atoms with van der Waals surface area (Å²) in [6, 6.07) is 55.4. The Kier molecular flexibility index (Phi) is 7.49. The van der Waals surface area contributed by atoms with Gasteiger partial charge in [0, 0.05) is 42.1 Å². The van der Waals surface area contributed by atoms with Crippen LogP contribution in [-0.2, 0) is 5.41 Å². The Morgan fingerprint density at radius 3 is 1.89 bits per heavy atom. The smallest absolute Gasteiger partial charge is 0.182 e. The Morgan fingerprint density at radius 2 is 1.09 bits per heavy atom. The third-order valence-electron chi connectivity index (χ3n) is 10.3. The summed E-state index contributed by atoms with van der Waals surface area (Å²) in [5.41, 5.74) is 8.43. The van der Waals surface area contributed by atoms with Crippen molar-refractivity contribution < 1.29 is 0 Å². The fourth-order valence-corrected chi connectivity index (χ4v) is 8.73. The zero-order valence-corrected chi connectivity index (χ0v) is 31.0. The summed E-state index contributed by atoms with van der Waals surface area (Å²) in [7, 11) is 0. The minimum absolute atomic E-state index is 0.0435. The third-order valence-corrected chi connectivity index (χ3v) is 11.5. The second-order valence-corrected chi connectivity index (χ2v) is 15.8. The highest BCUT2D eigenvalue weighted by Crippen LogP contribution is 2.42. The molecule has 6 aromatic carbocycles. The Morgan fingerprint density at radius 1 is 0.463 bits per heavy atom. The summed E-state index contributed by atoms with van der Waals surface area (Å²) >= 11 is 1.86. The van der Waals surface area contributed by atoms with Gasteiger partial charge in [-0.25, -0.2) is 19.9 Å². The van der Waals surface area contributed by atoms with E-state index in [0.717, 1.165) is 28.0 Å². The van der Waals surface area contributed by atoms with E-state index in [4.69, 9.17) is 19.9 Å². The van der Waals surface area contributed by atoms with Gasteiger partial charge in [-0.05, 0) is 52.4 Å². The number of hydrogen-bond donors (Lipinski definition) is 0. The summed E-state index contributed by atoms with van der Waals surface area (Å²) in [5.74, 6) is 2.55. The van der Waals surface area contributed by atoms with Crippen LogP contribution in [0.3, 0.4) is 0 Å². The first-order valence-electron chi connectivity index (χ1n) is 18.2. The molecule has 0 fully saturated rings. The second kappa shape index (κ2) is 12.6. The molecule has 4 aromatic heterocycles. The molecule has 54 heavy (non-hydrogen) atoms. The van der Waals surface area contributed by atoms with Crippen LogP contribution in [0.5, 0.6) is 0 Å². The molecule has 0 unspecified atom stereocenters. The highest BCUT2D eigenvalue weighted by atomic mass is 32.1. The minimum atomic E-state index is 0.0435. The van der Waals surface area contributed by atoms with Crippen LogP contribution in [0.4, 0.5) is 0 Å². The second-order valence-electron chi connectivity index (χ2n) is 14.7. The average molecular weight is 714 g/mol. The third kappa shape index (κ3) is 5.46. The van der Waals surface area contributed by atoms with E-state index in [-0.39, 0.29) is 5.41 Å². The SMILES string of the molecule is CC(C)(C)c1ccc(-c2nc(-c3ccccc3)nc(-c3cccc(-n4c5ccccc5c5ccc(-c6cccc7c6sc6ccccc67)cc54)n3)n2)cc1. The van der Waals surface area contributed by atoms with Crippen LogP contribution < -0.4 is 0 Å². The van der Waals surface area contributed by atoms with Gasteiger partial charge < -0.3 is 0 Å². The van der Waals surface area contributed by atoms with Crippen molar-refractivity contribution in [3.05, 3.63) is 163 Å². The van der Waals surface area contributed by atoms with E-state index in [0.29, 0.717) is 23.2 Å². The Hall–Kier alpha value is -6.50. The lowest BCUT2D eigenvalue weighted by atomic mass is 9.87. The number of fused-ring (bicyclic) bond motifs is 6. The largest absolute Gasteiger partial charge is 0.294 e. The lowest BCUT2D eigenvalue weighted by Crippen LogP contribution is -2.10. The van der Waals surface area contributed by atoms with Crippen LogP contribution in [-0.4, -0.2) is 24.5 Å². The molecular formula is C48H35N5S. The number of benzene rings is 6. The van der Waals surface area contributed by atoms with Crippen LogP contribution in [0.15, 0.2) is 158 Å². The number of para-hydroxylation sites is 1. The number of pyridine rings is 1. The van der Waals surface area contributed by atoms with Crippen molar-refractivity contribution in [2.75, 3.05) is 0 Å². The lowest BCUT2D eigenvalue weighted by Gasteiger charge is -2.19. The van der Waals surface area contributed by atoms with Gasteiger partial charge in [0.2, 0.25) is 0 Å². The zero-order valence-electron chi connectivity index (χ0n) is 30.2. The van der Waals surface area contributed by atoms with E-state index in [1.54, 1.807) is 0 Å². The highest BCUT2D eigenvalue weighted by molar-refractivity contribution is 7.26. The monoisotopic (exact) mass is 713 g/mol. The van der Waals surface area contributed by atoms with Gasteiger partial charge >= 0.3 is 0 Å². The molecule has 10 rings (SSSR count). The molecule has 4 heterocycles. The van der Waals surface area contributed by atoms with E-state index in [1.165, 1.54) is 47.6 Å². The van der Waals surface area contributed by atoms with Crippen molar-refractivity contribution in [3.8, 4) is 51.2 Å². The Labute approximate surface area is 317 Å². The maximum Gasteiger partial charge on any atom is 0.182 e. The summed E-state index contributed by atoms with van der Waals surface area (Å²) in [4.78, 5) is 20.3. The molecule has 0 aliphatic heterocycles. The first kappa shape index (κ1) is 32.2. The Balaban J connectivity index is 1.14. The topological polar surface area (TPSA) is 56.5 Å². The number of rotatable bonds is 5. The first-order valence-corrected chi connectivity index (χ1v) is 19.0.